The van der Waals surface area contributed by atoms with Crippen LogP contribution in [0.15, 0.2) is 11.4 Å². The highest BCUT2D eigenvalue weighted by Crippen LogP contribution is 2.03. The first kappa shape index (κ1) is 6.70. The largest absolute Gasteiger partial charge is 0.256 e. The lowest BCUT2D eigenvalue weighted by molar-refractivity contribution is 0.832. The summed E-state index contributed by atoms with van der Waals surface area (Å²) in [4.78, 5) is 3.95. The van der Waals surface area contributed by atoms with Crippen molar-refractivity contribution in [2.75, 3.05) is 6.26 Å². The van der Waals surface area contributed by atoms with Gasteiger partial charge in [0.15, 0.2) is 5.16 Å². The van der Waals surface area contributed by atoms with Gasteiger partial charge >= 0.3 is 0 Å². The van der Waals surface area contributed by atoms with Gasteiger partial charge in [-0.25, -0.2) is 4.98 Å². The first-order valence-electron chi connectivity index (χ1n) is 2.28. The van der Waals surface area contributed by atoms with Crippen molar-refractivity contribution >= 4 is 24.0 Å². The summed E-state index contributed by atoms with van der Waals surface area (Å²) < 4.78 is 0.526. The lowest BCUT2D eigenvalue weighted by Gasteiger charge is -1.89. The zero-order valence-electron chi connectivity index (χ0n) is 4.79. The van der Waals surface area contributed by atoms with Crippen molar-refractivity contribution in [2.45, 2.75) is 5.16 Å². The number of nitrogens with one attached hydrogen (secondary N) is 1. The second kappa shape index (κ2) is 2.93. The van der Waals surface area contributed by atoms with Gasteiger partial charge in [-0.3, -0.25) is 5.10 Å². The number of aromatic nitrogens is 3. The molecular weight excluding hydrogens is 154 g/mol. The van der Waals surface area contributed by atoms with E-state index in [1.54, 1.807) is 0 Å². The highest BCUT2D eigenvalue weighted by atomic mass is 32.2. The fraction of sp³-hybridized carbons (Fsp3) is 0.250. The van der Waals surface area contributed by atoms with Gasteiger partial charge in [-0.05, 0) is 6.26 Å². The summed E-state index contributed by atoms with van der Waals surface area (Å²) in [5, 5.41) is 7.19. The van der Waals surface area contributed by atoms with Gasteiger partial charge in [0.2, 0.25) is 0 Å². The molecule has 0 saturated heterocycles. The molecule has 9 heavy (non-hydrogen) atoms. The van der Waals surface area contributed by atoms with Crippen molar-refractivity contribution < 1.29 is 0 Å². The Kier molecular flexibility index (Phi) is 2.18. The molecule has 0 bridgehead atoms. The van der Waals surface area contributed by atoms with Gasteiger partial charge in [-0.1, -0.05) is 24.0 Å². The molecule has 1 rings (SSSR count). The van der Waals surface area contributed by atoms with Crippen LogP contribution in [0, 0.1) is 4.64 Å². The van der Waals surface area contributed by atoms with Crippen LogP contribution < -0.4 is 0 Å². The van der Waals surface area contributed by atoms with Crippen LogP contribution in [0.2, 0.25) is 0 Å². The van der Waals surface area contributed by atoms with Crippen molar-refractivity contribution in [1.82, 2.24) is 15.2 Å². The van der Waals surface area contributed by atoms with E-state index in [1.807, 2.05) is 6.26 Å². The highest BCUT2D eigenvalue weighted by molar-refractivity contribution is 7.98. The third-order valence-electron chi connectivity index (χ3n) is 0.740. The normalized spacial score (nSPS) is 9.44. The maximum Gasteiger partial charge on any atom is 0.182 e. The predicted molar refractivity (Wildman–Crippen MR) is 39.0 cm³/mol. The Balaban J connectivity index is 3.08. The Morgan fingerprint density at radius 2 is 2.56 bits per heavy atom. The second-order valence-corrected chi connectivity index (χ2v) is 2.54. The number of aromatic amines is 1. The molecular formula is C4H5N3S2. The van der Waals surface area contributed by atoms with Crippen LogP contribution in [-0.2, 0) is 0 Å². The summed E-state index contributed by atoms with van der Waals surface area (Å²) in [6, 6.07) is 0. The molecule has 1 aromatic heterocycles. The van der Waals surface area contributed by atoms with Crippen LogP contribution in [0.25, 0.3) is 0 Å². The van der Waals surface area contributed by atoms with Gasteiger partial charge in [-0.15, -0.1) is 0 Å². The Hall–Kier alpha value is -0.420. The molecule has 0 spiro atoms. The maximum atomic E-state index is 4.76. The average molecular weight is 159 g/mol. The first-order chi connectivity index (χ1) is 4.33. The van der Waals surface area contributed by atoms with Crippen LogP contribution in [-0.4, -0.2) is 21.4 Å². The van der Waals surface area contributed by atoms with Gasteiger partial charge in [0.1, 0.15) is 4.64 Å². The summed E-state index contributed by atoms with van der Waals surface area (Å²) in [7, 11) is 0. The molecule has 0 aliphatic rings. The molecule has 0 amide bonds. The van der Waals surface area contributed by atoms with Crippen molar-refractivity contribution in [3.8, 4) is 0 Å². The predicted octanol–water partition coefficient (Wildman–Crippen LogP) is 1.26. The molecule has 0 atom stereocenters. The quantitative estimate of drug-likeness (QED) is 0.494. The van der Waals surface area contributed by atoms with E-state index in [0.29, 0.717) is 4.64 Å². The molecule has 48 valence electrons. The number of nitrogens with zero attached hydrogens (tertiary/aromatic N) is 2. The molecule has 0 aliphatic heterocycles. The molecule has 0 fully saturated rings. The Labute approximate surface area is 61.9 Å². The van der Waals surface area contributed by atoms with Crippen LogP contribution in [0.3, 0.4) is 0 Å². The van der Waals surface area contributed by atoms with E-state index in [4.69, 9.17) is 12.2 Å². The maximum absolute atomic E-state index is 4.76. The Bertz CT molecular complexity index is 244. The molecule has 1 N–H and O–H groups in total. The van der Waals surface area contributed by atoms with E-state index in [0.717, 1.165) is 5.16 Å². The standard InChI is InChI=1S/C4H5N3S2/c1-9-4-6-3(8)2-5-7-4/h2H,1H3,(H,6,7,8). The number of H-pyrrole nitrogens is 1. The fourth-order valence-electron chi connectivity index (χ4n) is 0.388. The number of hydrogen-bond acceptors (Lipinski definition) is 4. The van der Waals surface area contributed by atoms with Crippen LogP contribution in [0.1, 0.15) is 0 Å². The van der Waals surface area contributed by atoms with E-state index in [2.05, 4.69) is 15.2 Å². The fourth-order valence-corrected chi connectivity index (χ4v) is 0.923. The number of thioether (sulfide) groups is 1. The minimum atomic E-state index is 0.526. The van der Waals surface area contributed by atoms with E-state index in [9.17, 15) is 0 Å². The lowest BCUT2D eigenvalue weighted by atomic mass is 10.9. The van der Waals surface area contributed by atoms with Crippen LogP contribution >= 0.6 is 24.0 Å². The van der Waals surface area contributed by atoms with Crippen molar-refractivity contribution in [2.24, 2.45) is 0 Å². The summed E-state index contributed by atoms with van der Waals surface area (Å²) in [6.07, 6.45) is 3.42. The molecule has 5 heteroatoms. The van der Waals surface area contributed by atoms with E-state index >= 15 is 0 Å². The molecule has 3 nitrogen and oxygen atoms in total. The topological polar surface area (TPSA) is 41.6 Å². The number of hydrogen-bond donors (Lipinski definition) is 1. The molecule has 1 heterocycles. The minimum Gasteiger partial charge on any atom is -0.256 e. The van der Waals surface area contributed by atoms with Gasteiger partial charge in [0.05, 0.1) is 6.20 Å². The summed E-state index contributed by atoms with van der Waals surface area (Å²) >= 11 is 6.25. The molecule has 1 aromatic rings. The molecule has 0 radical (unpaired) electrons. The summed E-state index contributed by atoms with van der Waals surface area (Å²) in [6.45, 7) is 0. The Morgan fingerprint density at radius 3 is 3.00 bits per heavy atom. The zero-order chi connectivity index (χ0) is 6.69. The third-order valence-corrected chi connectivity index (χ3v) is 1.51. The van der Waals surface area contributed by atoms with Gasteiger partial charge in [-0.2, -0.15) is 5.10 Å². The van der Waals surface area contributed by atoms with Crippen molar-refractivity contribution in [3.05, 3.63) is 10.8 Å². The van der Waals surface area contributed by atoms with Gasteiger partial charge in [0.25, 0.3) is 0 Å². The number of rotatable bonds is 1. The monoisotopic (exact) mass is 159 g/mol. The molecule has 0 aliphatic carbocycles. The van der Waals surface area contributed by atoms with Crippen molar-refractivity contribution in [1.29, 1.82) is 0 Å². The minimum absolute atomic E-state index is 0.526. The summed E-state index contributed by atoms with van der Waals surface area (Å²) in [5.74, 6) is 0. The smallest absolute Gasteiger partial charge is 0.182 e. The average Bonchev–Trinajstić information content (AvgIpc) is 1.88. The third kappa shape index (κ3) is 1.76. The van der Waals surface area contributed by atoms with Crippen LogP contribution in [0.5, 0.6) is 0 Å². The van der Waals surface area contributed by atoms with Gasteiger partial charge in [0, 0.05) is 0 Å². The van der Waals surface area contributed by atoms with Gasteiger partial charge < -0.3 is 0 Å². The van der Waals surface area contributed by atoms with E-state index in [-0.39, 0.29) is 0 Å². The van der Waals surface area contributed by atoms with Crippen molar-refractivity contribution in [3.63, 3.8) is 0 Å². The molecule has 0 saturated carbocycles. The lowest BCUT2D eigenvalue weighted by Crippen LogP contribution is -1.87. The molecule has 0 aromatic carbocycles. The second-order valence-electron chi connectivity index (χ2n) is 1.33. The van der Waals surface area contributed by atoms with E-state index < -0.39 is 0 Å². The molecule has 0 unspecified atom stereocenters. The zero-order valence-corrected chi connectivity index (χ0v) is 6.42. The SMILES string of the molecule is CSc1nc(=S)cn[nH]1. The van der Waals surface area contributed by atoms with Crippen LogP contribution in [0.4, 0.5) is 0 Å². The Morgan fingerprint density at radius 1 is 1.78 bits per heavy atom. The summed E-state index contributed by atoms with van der Waals surface area (Å²) in [5.41, 5.74) is 0. The highest BCUT2D eigenvalue weighted by Gasteiger charge is 1.86. The first-order valence-corrected chi connectivity index (χ1v) is 3.92. The van der Waals surface area contributed by atoms with E-state index in [1.165, 1.54) is 18.0 Å².